The Morgan fingerprint density at radius 1 is 1.23 bits per heavy atom. The molecule has 3 rings (SSSR count). The second-order valence-corrected chi connectivity index (χ2v) is 4.35. The van der Waals surface area contributed by atoms with Crippen molar-refractivity contribution in [3.8, 4) is 0 Å². The fourth-order valence-electron chi connectivity index (χ4n) is 2.34. The lowest BCUT2D eigenvalue weighted by atomic mass is 10.1. The third-order valence-electron chi connectivity index (χ3n) is 3.26. The van der Waals surface area contributed by atoms with Crippen LogP contribution in [0.3, 0.4) is 0 Å². The first-order valence-corrected chi connectivity index (χ1v) is 5.49. The molecule has 0 atom stereocenters. The molecule has 1 aliphatic carbocycles. The summed E-state index contributed by atoms with van der Waals surface area (Å²) in [5.41, 5.74) is 2.99. The van der Waals surface area contributed by atoms with Crippen molar-refractivity contribution in [2.75, 3.05) is 0 Å². The van der Waals surface area contributed by atoms with E-state index >= 15 is 0 Å². The van der Waals surface area contributed by atoms with Gasteiger partial charge in [0.05, 0.1) is 12.0 Å². The van der Waals surface area contributed by atoms with Gasteiger partial charge in [-0.25, -0.2) is 4.98 Å². The monoisotopic (exact) mass is 176 g/mol. The lowest BCUT2D eigenvalue weighted by Crippen LogP contribution is -1.99. The van der Waals surface area contributed by atoms with Crippen LogP contribution in [0.15, 0.2) is 6.33 Å². The van der Waals surface area contributed by atoms with Crippen molar-refractivity contribution in [2.45, 2.75) is 51.0 Å². The van der Waals surface area contributed by atoms with Crippen molar-refractivity contribution in [1.82, 2.24) is 9.55 Å². The second-order valence-electron chi connectivity index (χ2n) is 4.35. The van der Waals surface area contributed by atoms with E-state index in [9.17, 15) is 0 Å². The van der Waals surface area contributed by atoms with Gasteiger partial charge in [-0.3, -0.25) is 0 Å². The average Bonchev–Trinajstić information content (AvgIpc) is 2.94. The molecule has 0 radical (unpaired) electrons. The van der Waals surface area contributed by atoms with Crippen LogP contribution in [0.4, 0.5) is 0 Å². The third-order valence-corrected chi connectivity index (χ3v) is 3.26. The lowest BCUT2D eigenvalue weighted by molar-refractivity contribution is 0.632. The third kappa shape index (κ3) is 1.28. The quantitative estimate of drug-likeness (QED) is 0.642. The van der Waals surface area contributed by atoms with E-state index in [1.165, 1.54) is 50.8 Å². The maximum absolute atomic E-state index is 4.56. The van der Waals surface area contributed by atoms with E-state index in [0.717, 1.165) is 5.92 Å². The maximum Gasteiger partial charge on any atom is 0.0951 e. The Kier molecular flexibility index (Phi) is 1.67. The highest BCUT2D eigenvalue weighted by atomic mass is 15.1. The summed E-state index contributed by atoms with van der Waals surface area (Å²) in [4.78, 5) is 4.56. The largest absolute Gasteiger partial charge is 0.334 e. The molecule has 0 saturated heterocycles. The summed E-state index contributed by atoms with van der Waals surface area (Å²) in [6, 6.07) is 0. The van der Waals surface area contributed by atoms with Gasteiger partial charge in [0, 0.05) is 18.2 Å². The van der Waals surface area contributed by atoms with E-state index in [0.29, 0.717) is 0 Å². The average molecular weight is 176 g/mol. The van der Waals surface area contributed by atoms with E-state index in [2.05, 4.69) is 15.9 Å². The Morgan fingerprint density at radius 2 is 2.15 bits per heavy atom. The molecule has 2 heteroatoms. The van der Waals surface area contributed by atoms with Crippen molar-refractivity contribution < 1.29 is 0 Å². The first kappa shape index (κ1) is 7.60. The van der Waals surface area contributed by atoms with E-state index in [1.54, 1.807) is 5.69 Å². The van der Waals surface area contributed by atoms with Gasteiger partial charge in [-0.15, -0.1) is 0 Å². The van der Waals surface area contributed by atoms with Crippen LogP contribution in [0.1, 0.15) is 49.4 Å². The molecule has 0 unspecified atom stereocenters. The fourth-order valence-corrected chi connectivity index (χ4v) is 2.34. The van der Waals surface area contributed by atoms with Crippen LogP contribution in [0, 0.1) is 0 Å². The summed E-state index contributed by atoms with van der Waals surface area (Å²) in [6.07, 6.45) is 10.2. The molecule has 70 valence electrons. The maximum atomic E-state index is 4.56. The van der Waals surface area contributed by atoms with Gasteiger partial charge >= 0.3 is 0 Å². The zero-order valence-electron chi connectivity index (χ0n) is 8.00. The Labute approximate surface area is 79.0 Å². The van der Waals surface area contributed by atoms with Gasteiger partial charge in [-0.05, 0) is 32.1 Å². The van der Waals surface area contributed by atoms with Crippen molar-refractivity contribution in [3.63, 3.8) is 0 Å². The van der Waals surface area contributed by atoms with Crippen LogP contribution in [-0.2, 0) is 13.0 Å². The summed E-state index contributed by atoms with van der Waals surface area (Å²) in [5.74, 6) is 0.828. The van der Waals surface area contributed by atoms with Gasteiger partial charge in [-0.2, -0.15) is 0 Å². The molecule has 1 aromatic heterocycles. The zero-order chi connectivity index (χ0) is 8.67. The first-order valence-electron chi connectivity index (χ1n) is 5.49. The van der Waals surface area contributed by atoms with Gasteiger partial charge < -0.3 is 4.57 Å². The van der Waals surface area contributed by atoms with Gasteiger partial charge in [0.25, 0.3) is 0 Å². The number of hydrogen-bond acceptors (Lipinski definition) is 1. The number of hydrogen-bond donors (Lipinski definition) is 0. The fraction of sp³-hybridized carbons (Fsp3) is 0.727. The van der Waals surface area contributed by atoms with Gasteiger partial charge in [0.1, 0.15) is 0 Å². The number of aromatic nitrogens is 2. The Morgan fingerprint density at radius 3 is 3.00 bits per heavy atom. The lowest BCUT2D eigenvalue weighted by Gasteiger charge is -2.03. The predicted octanol–water partition coefficient (Wildman–Crippen LogP) is 2.49. The van der Waals surface area contributed by atoms with Crippen LogP contribution in [0.25, 0.3) is 0 Å². The molecule has 1 fully saturated rings. The minimum atomic E-state index is 0.828. The standard InChI is InChI=1S/C11H16N2/c1-2-4-10-11(9-5-6-9)12-8-13(10)7-3-1/h8-9H,1-7H2. The molecule has 1 saturated carbocycles. The number of aryl methyl sites for hydroxylation is 1. The molecule has 2 heterocycles. The molecule has 13 heavy (non-hydrogen) atoms. The van der Waals surface area contributed by atoms with E-state index < -0.39 is 0 Å². The topological polar surface area (TPSA) is 17.8 Å². The smallest absolute Gasteiger partial charge is 0.0951 e. The highest BCUT2D eigenvalue weighted by molar-refractivity contribution is 5.22. The van der Waals surface area contributed by atoms with Crippen LogP contribution < -0.4 is 0 Å². The minimum absolute atomic E-state index is 0.828. The molecular formula is C11H16N2. The first-order chi connectivity index (χ1) is 6.45. The summed E-state index contributed by atoms with van der Waals surface area (Å²) in [6.45, 7) is 1.20. The molecule has 0 aromatic carbocycles. The molecule has 0 bridgehead atoms. The number of nitrogens with zero attached hydrogens (tertiary/aromatic N) is 2. The van der Waals surface area contributed by atoms with Crippen LogP contribution >= 0.6 is 0 Å². The Bertz CT molecular complexity index is 310. The number of fused-ring (bicyclic) bond motifs is 1. The highest BCUT2D eigenvalue weighted by Gasteiger charge is 2.29. The van der Waals surface area contributed by atoms with Crippen molar-refractivity contribution in [1.29, 1.82) is 0 Å². The number of rotatable bonds is 1. The predicted molar refractivity (Wildman–Crippen MR) is 51.8 cm³/mol. The zero-order valence-corrected chi connectivity index (χ0v) is 8.00. The summed E-state index contributed by atoms with van der Waals surface area (Å²) in [5, 5.41) is 0. The minimum Gasteiger partial charge on any atom is -0.334 e. The second kappa shape index (κ2) is 2.86. The molecule has 1 aromatic rings. The molecule has 0 N–H and O–H groups in total. The van der Waals surface area contributed by atoms with Gasteiger partial charge in [0.2, 0.25) is 0 Å². The van der Waals surface area contributed by atoms with Crippen molar-refractivity contribution in [2.24, 2.45) is 0 Å². The summed E-state index contributed by atoms with van der Waals surface area (Å²) < 4.78 is 2.39. The normalized spacial score (nSPS) is 22.5. The Balaban J connectivity index is 1.98. The van der Waals surface area contributed by atoms with E-state index in [1.807, 2.05) is 0 Å². The van der Waals surface area contributed by atoms with E-state index in [4.69, 9.17) is 0 Å². The molecule has 2 aliphatic rings. The SMILES string of the molecule is c1nc(C2CC2)c2n1CCCCC2. The summed E-state index contributed by atoms with van der Waals surface area (Å²) >= 11 is 0. The summed E-state index contributed by atoms with van der Waals surface area (Å²) in [7, 11) is 0. The number of imidazole rings is 1. The molecule has 0 amide bonds. The van der Waals surface area contributed by atoms with Crippen LogP contribution in [0.2, 0.25) is 0 Å². The Hall–Kier alpha value is -0.790. The van der Waals surface area contributed by atoms with Crippen molar-refractivity contribution in [3.05, 3.63) is 17.7 Å². The van der Waals surface area contributed by atoms with Gasteiger partial charge in [-0.1, -0.05) is 6.42 Å². The molecule has 2 nitrogen and oxygen atoms in total. The van der Waals surface area contributed by atoms with Crippen LogP contribution in [0.5, 0.6) is 0 Å². The highest BCUT2D eigenvalue weighted by Crippen LogP contribution is 2.41. The molecular weight excluding hydrogens is 160 g/mol. The molecule has 0 spiro atoms. The van der Waals surface area contributed by atoms with E-state index in [-0.39, 0.29) is 0 Å². The van der Waals surface area contributed by atoms with Crippen molar-refractivity contribution >= 4 is 0 Å². The van der Waals surface area contributed by atoms with Gasteiger partial charge in [0.15, 0.2) is 0 Å². The van der Waals surface area contributed by atoms with Crippen LogP contribution in [-0.4, -0.2) is 9.55 Å². The molecule has 1 aliphatic heterocycles.